The Bertz CT molecular complexity index is 448. The molecule has 0 aliphatic rings. The number of furan rings is 1. The Morgan fingerprint density at radius 3 is 2.73 bits per heavy atom. The molecule has 0 saturated carbocycles. The molecule has 1 aromatic rings. The zero-order valence-electron chi connectivity index (χ0n) is 13.4. The Kier molecular flexibility index (Phi) is 8.24. The normalized spacial score (nSPS) is 12.2. The predicted octanol–water partition coefficient (Wildman–Crippen LogP) is 0.541. The second-order valence-electron chi connectivity index (χ2n) is 5.17. The van der Waals surface area contributed by atoms with E-state index in [-0.39, 0.29) is 30.9 Å². The number of carbonyl (C=O) groups excluding carboxylic acids is 2. The molecule has 1 unspecified atom stereocenters. The number of rotatable bonds is 10. The van der Waals surface area contributed by atoms with Crippen LogP contribution in [0.2, 0.25) is 0 Å². The van der Waals surface area contributed by atoms with Crippen molar-refractivity contribution in [2.75, 3.05) is 40.4 Å². The van der Waals surface area contributed by atoms with E-state index < -0.39 is 0 Å². The SMILES string of the molecule is COCCCNC(=O)CN(C)CC(=O)NC(C)c1ccco1. The molecular weight excluding hydrogens is 286 g/mol. The van der Waals surface area contributed by atoms with E-state index in [9.17, 15) is 9.59 Å². The molecule has 1 aromatic heterocycles. The molecule has 7 heteroatoms. The van der Waals surface area contributed by atoms with Crippen molar-refractivity contribution in [2.24, 2.45) is 0 Å². The van der Waals surface area contributed by atoms with Crippen LogP contribution < -0.4 is 10.6 Å². The average Bonchev–Trinajstić information content (AvgIpc) is 2.97. The van der Waals surface area contributed by atoms with Crippen LogP contribution in [0.5, 0.6) is 0 Å². The van der Waals surface area contributed by atoms with Crippen molar-refractivity contribution >= 4 is 11.8 Å². The molecule has 0 radical (unpaired) electrons. The topological polar surface area (TPSA) is 83.8 Å². The van der Waals surface area contributed by atoms with Crippen molar-refractivity contribution in [3.8, 4) is 0 Å². The fraction of sp³-hybridized carbons (Fsp3) is 0.600. The first kappa shape index (κ1) is 18.2. The molecule has 7 nitrogen and oxygen atoms in total. The quantitative estimate of drug-likeness (QED) is 0.616. The molecule has 0 fully saturated rings. The largest absolute Gasteiger partial charge is 0.467 e. The van der Waals surface area contributed by atoms with Crippen LogP contribution in [0.1, 0.15) is 25.1 Å². The van der Waals surface area contributed by atoms with Gasteiger partial charge < -0.3 is 19.8 Å². The smallest absolute Gasteiger partial charge is 0.234 e. The second-order valence-corrected chi connectivity index (χ2v) is 5.17. The van der Waals surface area contributed by atoms with Gasteiger partial charge in [-0.05, 0) is 32.5 Å². The number of nitrogens with zero attached hydrogens (tertiary/aromatic N) is 1. The summed E-state index contributed by atoms with van der Waals surface area (Å²) in [6.07, 6.45) is 2.34. The Labute approximate surface area is 131 Å². The van der Waals surface area contributed by atoms with Crippen LogP contribution in [0.4, 0.5) is 0 Å². The van der Waals surface area contributed by atoms with E-state index in [1.165, 1.54) is 0 Å². The van der Waals surface area contributed by atoms with Gasteiger partial charge in [-0.2, -0.15) is 0 Å². The van der Waals surface area contributed by atoms with Crippen LogP contribution in [-0.2, 0) is 14.3 Å². The van der Waals surface area contributed by atoms with Gasteiger partial charge in [0.25, 0.3) is 0 Å². The van der Waals surface area contributed by atoms with Gasteiger partial charge in [0.2, 0.25) is 11.8 Å². The van der Waals surface area contributed by atoms with Crippen molar-refractivity contribution in [3.63, 3.8) is 0 Å². The van der Waals surface area contributed by atoms with E-state index in [0.29, 0.717) is 18.9 Å². The lowest BCUT2D eigenvalue weighted by Crippen LogP contribution is -2.41. The van der Waals surface area contributed by atoms with E-state index in [2.05, 4.69) is 10.6 Å². The van der Waals surface area contributed by atoms with Gasteiger partial charge in [-0.25, -0.2) is 0 Å². The van der Waals surface area contributed by atoms with Gasteiger partial charge in [0.15, 0.2) is 0 Å². The molecule has 2 amide bonds. The number of ether oxygens (including phenoxy) is 1. The van der Waals surface area contributed by atoms with E-state index in [0.717, 1.165) is 6.42 Å². The number of hydrogen-bond donors (Lipinski definition) is 2. The molecule has 1 heterocycles. The fourth-order valence-electron chi connectivity index (χ4n) is 1.94. The lowest BCUT2D eigenvalue weighted by atomic mass is 10.2. The molecule has 124 valence electrons. The monoisotopic (exact) mass is 311 g/mol. The minimum Gasteiger partial charge on any atom is -0.467 e. The summed E-state index contributed by atoms with van der Waals surface area (Å²) in [6, 6.07) is 3.39. The molecule has 1 atom stereocenters. The Morgan fingerprint density at radius 2 is 2.09 bits per heavy atom. The van der Waals surface area contributed by atoms with Crippen LogP contribution in [0.3, 0.4) is 0 Å². The highest BCUT2D eigenvalue weighted by atomic mass is 16.5. The van der Waals surface area contributed by atoms with Crippen LogP contribution in [0, 0.1) is 0 Å². The van der Waals surface area contributed by atoms with Gasteiger partial charge in [0, 0.05) is 20.3 Å². The van der Waals surface area contributed by atoms with E-state index in [1.807, 2.05) is 13.0 Å². The first-order valence-corrected chi connectivity index (χ1v) is 7.30. The number of amides is 2. The molecular formula is C15H25N3O4. The third kappa shape index (κ3) is 7.24. The number of hydrogen-bond acceptors (Lipinski definition) is 5. The summed E-state index contributed by atoms with van der Waals surface area (Å²) in [4.78, 5) is 25.2. The Morgan fingerprint density at radius 1 is 1.36 bits per heavy atom. The summed E-state index contributed by atoms with van der Waals surface area (Å²) in [5.41, 5.74) is 0. The second kappa shape index (κ2) is 9.97. The van der Waals surface area contributed by atoms with Crippen LogP contribution >= 0.6 is 0 Å². The van der Waals surface area contributed by atoms with Crippen molar-refractivity contribution in [1.29, 1.82) is 0 Å². The summed E-state index contributed by atoms with van der Waals surface area (Å²) in [5, 5.41) is 5.60. The molecule has 22 heavy (non-hydrogen) atoms. The van der Waals surface area contributed by atoms with E-state index in [1.54, 1.807) is 31.4 Å². The van der Waals surface area contributed by atoms with Crippen molar-refractivity contribution < 1.29 is 18.7 Å². The minimum atomic E-state index is -0.196. The summed E-state index contributed by atoms with van der Waals surface area (Å²) in [5.74, 6) is 0.441. The number of nitrogens with one attached hydrogen (secondary N) is 2. The van der Waals surface area contributed by atoms with Crippen LogP contribution in [0.15, 0.2) is 22.8 Å². The van der Waals surface area contributed by atoms with Gasteiger partial charge in [0.1, 0.15) is 5.76 Å². The zero-order valence-corrected chi connectivity index (χ0v) is 13.4. The number of likely N-dealkylation sites (N-methyl/N-ethyl adjacent to an activating group) is 1. The number of carbonyl (C=O) groups is 2. The highest BCUT2D eigenvalue weighted by molar-refractivity contribution is 5.81. The molecule has 0 aromatic carbocycles. The maximum absolute atomic E-state index is 11.9. The maximum Gasteiger partial charge on any atom is 0.234 e. The summed E-state index contributed by atoms with van der Waals surface area (Å²) >= 11 is 0. The summed E-state index contributed by atoms with van der Waals surface area (Å²) in [7, 11) is 3.35. The molecule has 0 aliphatic carbocycles. The van der Waals surface area contributed by atoms with Gasteiger partial charge in [-0.1, -0.05) is 0 Å². The van der Waals surface area contributed by atoms with E-state index in [4.69, 9.17) is 9.15 Å². The summed E-state index contributed by atoms with van der Waals surface area (Å²) in [6.45, 7) is 3.36. The third-order valence-corrected chi connectivity index (χ3v) is 3.02. The molecule has 0 saturated heterocycles. The Balaban J connectivity index is 2.21. The van der Waals surface area contributed by atoms with Crippen LogP contribution in [-0.4, -0.2) is 57.1 Å². The highest BCUT2D eigenvalue weighted by Gasteiger charge is 2.14. The standard InChI is InChI=1S/C15H25N3O4/c1-12(13-6-4-9-22-13)17-15(20)11-18(2)10-14(19)16-7-5-8-21-3/h4,6,9,12H,5,7-8,10-11H2,1-3H3,(H,16,19)(H,17,20). The fourth-order valence-corrected chi connectivity index (χ4v) is 1.94. The first-order chi connectivity index (χ1) is 10.5. The van der Waals surface area contributed by atoms with Crippen molar-refractivity contribution in [3.05, 3.63) is 24.2 Å². The molecule has 0 aliphatic heterocycles. The van der Waals surface area contributed by atoms with Gasteiger partial charge in [-0.3, -0.25) is 14.5 Å². The third-order valence-electron chi connectivity index (χ3n) is 3.02. The van der Waals surface area contributed by atoms with Gasteiger partial charge >= 0.3 is 0 Å². The lowest BCUT2D eigenvalue weighted by molar-refractivity contribution is -0.125. The van der Waals surface area contributed by atoms with Crippen LogP contribution in [0.25, 0.3) is 0 Å². The zero-order chi connectivity index (χ0) is 16.4. The summed E-state index contributed by atoms with van der Waals surface area (Å²) < 4.78 is 10.1. The molecule has 0 spiro atoms. The van der Waals surface area contributed by atoms with Gasteiger partial charge in [-0.15, -0.1) is 0 Å². The minimum absolute atomic E-state index is 0.106. The van der Waals surface area contributed by atoms with Crippen molar-refractivity contribution in [1.82, 2.24) is 15.5 Å². The molecule has 2 N–H and O–H groups in total. The number of methoxy groups -OCH3 is 1. The van der Waals surface area contributed by atoms with Crippen molar-refractivity contribution in [2.45, 2.75) is 19.4 Å². The molecule has 1 rings (SSSR count). The lowest BCUT2D eigenvalue weighted by Gasteiger charge is -2.17. The maximum atomic E-state index is 11.9. The highest BCUT2D eigenvalue weighted by Crippen LogP contribution is 2.11. The first-order valence-electron chi connectivity index (χ1n) is 7.30. The Hall–Kier alpha value is -1.86. The predicted molar refractivity (Wildman–Crippen MR) is 82.3 cm³/mol. The van der Waals surface area contributed by atoms with E-state index >= 15 is 0 Å². The van der Waals surface area contributed by atoms with Gasteiger partial charge in [0.05, 0.1) is 25.4 Å². The molecule has 0 bridgehead atoms. The average molecular weight is 311 g/mol.